The van der Waals surface area contributed by atoms with E-state index in [0.29, 0.717) is 47.4 Å². The fraction of sp³-hybridized carbons (Fsp3) is 0.727. The van der Waals surface area contributed by atoms with Gasteiger partial charge in [-0.1, -0.05) is 25.5 Å². The van der Waals surface area contributed by atoms with Crippen LogP contribution in [0.25, 0.3) is 10.9 Å². The van der Waals surface area contributed by atoms with Crippen molar-refractivity contribution in [1.29, 1.82) is 0 Å². The van der Waals surface area contributed by atoms with Crippen molar-refractivity contribution in [3.05, 3.63) is 29.6 Å². The summed E-state index contributed by atoms with van der Waals surface area (Å²) in [4.78, 5) is 13.9. The van der Waals surface area contributed by atoms with Crippen molar-refractivity contribution in [3.63, 3.8) is 0 Å². The number of rotatable bonds is 8. The summed E-state index contributed by atoms with van der Waals surface area (Å²) in [6, 6.07) is -0.870. The molecule has 1 saturated heterocycles. The normalized spacial score (nSPS) is 31.0. The van der Waals surface area contributed by atoms with Crippen LogP contribution in [0.4, 0.5) is 19.1 Å². The number of aliphatic hydroxyl groups excluding tert-OH is 1. The fourth-order valence-corrected chi connectivity index (χ4v) is 7.12. The second kappa shape index (κ2) is 14.1. The first-order chi connectivity index (χ1) is 20.5. The summed E-state index contributed by atoms with van der Waals surface area (Å²) in [6.07, 6.45) is 9.49. The zero-order valence-electron chi connectivity index (χ0n) is 25.7. The van der Waals surface area contributed by atoms with Gasteiger partial charge in [-0.15, -0.1) is 0 Å². The van der Waals surface area contributed by atoms with E-state index in [4.69, 9.17) is 19.4 Å². The molecule has 0 aromatic carbocycles. The highest BCUT2D eigenvalue weighted by Gasteiger charge is 2.31. The van der Waals surface area contributed by atoms with E-state index in [2.05, 4.69) is 30.2 Å². The molecule has 2 aromatic rings. The van der Waals surface area contributed by atoms with Gasteiger partial charge in [-0.2, -0.15) is 13.2 Å². The predicted molar refractivity (Wildman–Crippen MR) is 161 cm³/mol. The van der Waals surface area contributed by atoms with Crippen LogP contribution in [0.1, 0.15) is 103 Å². The summed E-state index contributed by atoms with van der Waals surface area (Å²) in [5.41, 5.74) is 3.13. The highest BCUT2D eigenvalue weighted by Crippen LogP contribution is 2.39. The number of halogens is 3. The topological polar surface area (TPSA) is 89.4 Å². The number of nitrogens with zero attached hydrogens (tertiary/aromatic N) is 3. The number of nitrogens with one attached hydrogen (secondary N) is 1. The number of anilines is 1. The lowest BCUT2D eigenvalue weighted by molar-refractivity contribution is -0.136. The molecule has 0 bridgehead atoms. The van der Waals surface area contributed by atoms with Gasteiger partial charge < -0.3 is 19.9 Å². The van der Waals surface area contributed by atoms with Crippen LogP contribution in [-0.2, 0) is 4.74 Å². The van der Waals surface area contributed by atoms with Crippen molar-refractivity contribution in [2.75, 3.05) is 18.5 Å². The summed E-state index contributed by atoms with van der Waals surface area (Å²) in [7, 11) is 0. The minimum atomic E-state index is -4.28. The van der Waals surface area contributed by atoms with Crippen molar-refractivity contribution < 1.29 is 27.8 Å². The Morgan fingerprint density at radius 3 is 2.58 bits per heavy atom. The molecule has 43 heavy (non-hydrogen) atoms. The van der Waals surface area contributed by atoms with Gasteiger partial charge in [0.2, 0.25) is 11.8 Å². The quantitative estimate of drug-likeness (QED) is 0.298. The Balaban J connectivity index is 1.37. The minimum absolute atomic E-state index is 0.0176. The Morgan fingerprint density at radius 1 is 1.07 bits per heavy atom. The van der Waals surface area contributed by atoms with E-state index < -0.39 is 18.6 Å². The molecule has 1 aliphatic heterocycles. The van der Waals surface area contributed by atoms with E-state index in [1.165, 1.54) is 12.5 Å². The van der Waals surface area contributed by atoms with Gasteiger partial charge in [-0.05, 0) is 94.8 Å². The van der Waals surface area contributed by atoms with Gasteiger partial charge in [-0.3, -0.25) is 0 Å². The highest BCUT2D eigenvalue weighted by atomic mass is 19.4. The molecule has 0 radical (unpaired) electrons. The van der Waals surface area contributed by atoms with Crippen molar-refractivity contribution in [3.8, 4) is 5.88 Å². The molecule has 7 nitrogen and oxygen atoms in total. The second-order valence-corrected chi connectivity index (χ2v) is 13.4. The van der Waals surface area contributed by atoms with Crippen molar-refractivity contribution in [1.82, 2.24) is 15.0 Å². The molecule has 5 rings (SSSR count). The number of fused-ring (bicyclic) bond motifs is 1. The molecule has 0 amide bonds. The van der Waals surface area contributed by atoms with E-state index in [0.717, 1.165) is 70.1 Å². The van der Waals surface area contributed by atoms with E-state index in [1.807, 2.05) is 6.20 Å². The van der Waals surface area contributed by atoms with Crippen molar-refractivity contribution in [2.45, 2.75) is 122 Å². The number of ether oxygens (including phenoxy) is 2. The SMILES string of the molecule is C[C@@H]1C/C(C[C@@H]2CCOC2)=C\[C@@H](C)CC[C@H](Oc2ncc(C3CCC(O)CC3)c3nc(N[C@@H](C)CC(F)(F)F)ncc23)C1. The molecule has 3 aliphatic rings. The molecule has 0 unspecified atom stereocenters. The van der Waals surface area contributed by atoms with Gasteiger partial charge in [0.1, 0.15) is 6.10 Å². The summed E-state index contributed by atoms with van der Waals surface area (Å²) >= 11 is 0. The Morgan fingerprint density at radius 2 is 1.86 bits per heavy atom. The van der Waals surface area contributed by atoms with Crippen LogP contribution in [0.2, 0.25) is 0 Å². The number of aliphatic hydroxyl groups is 1. The van der Waals surface area contributed by atoms with Gasteiger partial charge in [0.05, 0.1) is 23.4 Å². The average Bonchev–Trinajstić information content (AvgIpc) is 3.45. The van der Waals surface area contributed by atoms with Crippen LogP contribution in [0, 0.1) is 17.8 Å². The number of pyridine rings is 1. The van der Waals surface area contributed by atoms with Gasteiger partial charge in [0.25, 0.3) is 0 Å². The maximum absolute atomic E-state index is 13.0. The zero-order valence-corrected chi connectivity index (χ0v) is 25.7. The molecule has 2 N–H and O–H groups in total. The summed E-state index contributed by atoms with van der Waals surface area (Å²) in [6.45, 7) is 7.79. The zero-order chi connectivity index (χ0) is 30.6. The van der Waals surface area contributed by atoms with E-state index in [1.54, 1.807) is 6.20 Å². The van der Waals surface area contributed by atoms with Gasteiger partial charge >= 0.3 is 6.18 Å². The molecular weight excluding hydrogens is 557 g/mol. The number of allylic oxidation sites excluding steroid dienone is 2. The van der Waals surface area contributed by atoms with Crippen LogP contribution < -0.4 is 10.1 Å². The number of hydrogen-bond acceptors (Lipinski definition) is 7. The molecule has 3 heterocycles. The molecule has 2 aromatic heterocycles. The number of aromatic nitrogens is 3. The Labute approximate surface area is 253 Å². The van der Waals surface area contributed by atoms with Gasteiger partial charge in [-0.25, -0.2) is 15.0 Å². The third-order valence-corrected chi connectivity index (χ3v) is 9.26. The van der Waals surface area contributed by atoms with Crippen LogP contribution in [0.3, 0.4) is 0 Å². The molecule has 238 valence electrons. The lowest BCUT2D eigenvalue weighted by Gasteiger charge is -2.27. The second-order valence-electron chi connectivity index (χ2n) is 13.4. The standard InChI is InChI=1S/C33H47F3N4O3/c1-20-4-9-27(14-21(2)13-24(12-20)15-23-10-11-42-19-23)43-31-29-18-38-32(39-22(3)16-33(34,35)36)40-30(29)28(17-37-31)25-5-7-26(41)8-6-25/h12,17-18,20-23,25-27,41H,4-11,13-16,19H2,1-3H3,(H,38,39,40)/b24-12+/t20-,21+,22-,23-,25?,26?,27-/m0/s1. The number of alkyl halides is 3. The summed E-state index contributed by atoms with van der Waals surface area (Å²) in [5, 5.41) is 13.6. The predicted octanol–water partition coefficient (Wildman–Crippen LogP) is 7.74. The van der Waals surface area contributed by atoms with Gasteiger partial charge in [0, 0.05) is 37.2 Å². The van der Waals surface area contributed by atoms with E-state index in [-0.39, 0.29) is 24.1 Å². The average molecular weight is 605 g/mol. The first-order valence-electron chi connectivity index (χ1n) is 16.1. The monoisotopic (exact) mass is 604 g/mol. The Hall–Kier alpha value is -2.46. The van der Waals surface area contributed by atoms with Crippen LogP contribution in [0.5, 0.6) is 5.88 Å². The minimum Gasteiger partial charge on any atom is -0.474 e. The van der Waals surface area contributed by atoms with Crippen LogP contribution in [0.15, 0.2) is 24.0 Å². The summed E-state index contributed by atoms with van der Waals surface area (Å²) in [5.74, 6) is 2.32. The smallest absolute Gasteiger partial charge is 0.391 e. The molecule has 1 saturated carbocycles. The van der Waals surface area contributed by atoms with Crippen molar-refractivity contribution in [2.24, 2.45) is 17.8 Å². The van der Waals surface area contributed by atoms with E-state index >= 15 is 0 Å². The lowest BCUT2D eigenvalue weighted by atomic mass is 9.83. The molecule has 2 aliphatic carbocycles. The maximum Gasteiger partial charge on any atom is 0.391 e. The Bertz CT molecular complexity index is 1240. The highest BCUT2D eigenvalue weighted by molar-refractivity contribution is 5.86. The molecule has 5 atom stereocenters. The fourth-order valence-electron chi connectivity index (χ4n) is 7.12. The lowest BCUT2D eigenvalue weighted by Crippen LogP contribution is -2.25. The van der Waals surface area contributed by atoms with Crippen LogP contribution >= 0.6 is 0 Å². The summed E-state index contributed by atoms with van der Waals surface area (Å²) < 4.78 is 51.2. The molecule has 10 heteroatoms. The van der Waals surface area contributed by atoms with Crippen LogP contribution in [-0.4, -0.2) is 57.7 Å². The van der Waals surface area contributed by atoms with Crippen molar-refractivity contribution >= 4 is 16.9 Å². The molecule has 0 spiro atoms. The third-order valence-electron chi connectivity index (χ3n) is 9.26. The Kier molecular flexibility index (Phi) is 10.5. The first-order valence-corrected chi connectivity index (χ1v) is 16.1. The third kappa shape index (κ3) is 9.03. The molecule has 2 fully saturated rings. The maximum atomic E-state index is 13.0. The molecular formula is C33H47F3N4O3. The van der Waals surface area contributed by atoms with E-state index in [9.17, 15) is 18.3 Å². The van der Waals surface area contributed by atoms with Gasteiger partial charge in [0.15, 0.2) is 0 Å². The number of hydrogen-bond donors (Lipinski definition) is 2. The first kappa shape index (κ1) is 31.9. The largest absolute Gasteiger partial charge is 0.474 e.